The summed E-state index contributed by atoms with van der Waals surface area (Å²) < 4.78 is 2.34. The van der Waals surface area contributed by atoms with E-state index < -0.39 is 0 Å². The zero-order valence-electron chi connectivity index (χ0n) is 13.7. The Kier molecular flexibility index (Phi) is 4.30. The molecule has 0 spiro atoms. The van der Waals surface area contributed by atoms with Crippen molar-refractivity contribution >= 4 is 10.9 Å². The van der Waals surface area contributed by atoms with Crippen molar-refractivity contribution in [3.63, 3.8) is 0 Å². The number of fused-ring (bicyclic) bond motifs is 1. The van der Waals surface area contributed by atoms with E-state index in [1.54, 1.807) is 0 Å². The summed E-state index contributed by atoms with van der Waals surface area (Å²) in [6, 6.07) is 19.5. The molecule has 2 heteroatoms. The number of hydrogen-bond donors (Lipinski definition) is 0. The Morgan fingerprint density at radius 2 is 1.59 bits per heavy atom. The summed E-state index contributed by atoms with van der Waals surface area (Å²) in [5, 5.41) is 1.39. The third-order valence-electron chi connectivity index (χ3n) is 4.29. The van der Waals surface area contributed by atoms with E-state index in [2.05, 4.69) is 85.2 Å². The molecule has 0 N–H and O–H groups in total. The second kappa shape index (κ2) is 6.37. The van der Waals surface area contributed by atoms with Gasteiger partial charge < -0.3 is 9.47 Å². The summed E-state index contributed by atoms with van der Waals surface area (Å²) in [6.07, 6.45) is 2.30. The quantitative estimate of drug-likeness (QED) is 0.679. The van der Waals surface area contributed by atoms with Crippen molar-refractivity contribution in [1.29, 1.82) is 0 Å². The van der Waals surface area contributed by atoms with Crippen LogP contribution in [0.15, 0.2) is 54.6 Å². The molecule has 0 saturated heterocycles. The first-order valence-electron chi connectivity index (χ1n) is 7.95. The Balaban J connectivity index is 2.10. The summed E-state index contributed by atoms with van der Waals surface area (Å²) >= 11 is 0. The summed E-state index contributed by atoms with van der Waals surface area (Å²) in [6.45, 7) is 1.12. The number of para-hydroxylation sites is 1. The van der Waals surface area contributed by atoms with E-state index in [9.17, 15) is 0 Å². The molecule has 114 valence electrons. The van der Waals surface area contributed by atoms with E-state index in [4.69, 9.17) is 0 Å². The second-order valence-corrected chi connectivity index (χ2v) is 6.18. The van der Waals surface area contributed by atoms with E-state index in [-0.39, 0.29) is 0 Å². The van der Waals surface area contributed by atoms with E-state index in [1.165, 1.54) is 34.1 Å². The predicted molar refractivity (Wildman–Crippen MR) is 95.2 cm³/mol. The maximum atomic E-state index is 2.34. The van der Waals surface area contributed by atoms with Gasteiger partial charge in [-0.3, -0.25) is 0 Å². The molecule has 2 aromatic carbocycles. The molecule has 0 aliphatic heterocycles. The molecule has 2 nitrogen and oxygen atoms in total. The minimum Gasteiger partial charge on any atom is -0.343 e. The molecule has 3 rings (SSSR count). The van der Waals surface area contributed by atoms with Crippen LogP contribution >= 0.6 is 0 Å². The highest BCUT2D eigenvalue weighted by molar-refractivity contribution is 5.91. The van der Waals surface area contributed by atoms with Crippen molar-refractivity contribution in [3.8, 4) is 11.3 Å². The van der Waals surface area contributed by atoms with Gasteiger partial charge in [-0.15, -0.1) is 0 Å². The molecule has 0 saturated carbocycles. The standard InChI is InChI=1S/C20H24N2/c1-21(2)15-9-13-18-17-12-7-8-14-19(17)22(3)20(18)16-10-5-4-6-11-16/h4-8,10-12,14H,9,13,15H2,1-3H3. The third-order valence-corrected chi connectivity index (χ3v) is 4.29. The van der Waals surface area contributed by atoms with Crippen LogP contribution in [0.4, 0.5) is 0 Å². The van der Waals surface area contributed by atoms with Gasteiger partial charge in [0.1, 0.15) is 0 Å². The van der Waals surface area contributed by atoms with Gasteiger partial charge in [-0.25, -0.2) is 0 Å². The largest absolute Gasteiger partial charge is 0.343 e. The fourth-order valence-electron chi connectivity index (χ4n) is 3.26. The second-order valence-electron chi connectivity index (χ2n) is 6.18. The smallest absolute Gasteiger partial charge is 0.0521 e. The first kappa shape index (κ1) is 14.9. The molecule has 0 radical (unpaired) electrons. The fourth-order valence-corrected chi connectivity index (χ4v) is 3.26. The third kappa shape index (κ3) is 2.79. The van der Waals surface area contributed by atoms with Crippen molar-refractivity contribution < 1.29 is 0 Å². The number of nitrogens with zero attached hydrogens (tertiary/aromatic N) is 2. The van der Waals surface area contributed by atoms with E-state index >= 15 is 0 Å². The molecular weight excluding hydrogens is 268 g/mol. The number of benzene rings is 2. The van der Waals surface area contributed by atoms with Crippen LogP contribution in [0, 0.1) is 0 Å². The lowest BCUT2D eigenvalue weighted by Gasteiger charge is -2.11. The molecule has 0 fully saturated rings. The van der Waals surface area contributed by atoms with E-state index in [1.807, 2.05) is 0 Å². The van der Waals surface area contributed by atoms with Crippen LogP contribution in [0.25, 0.3) is 22.2 Å². The van der Waals surface area contributed by atoms with Crippen LogP contribution in [-0.4, -0.2) is 30.1 Å². The molecule has 1 heterocycles. The predicted octanol–water partition coefficient (Wildman–Crippen LogP) is 4.34. The first-order chi connectivity index (χ1) is 10.7. The highest BCUT2D eigenvalue weighted by Crippen LogP contribution is 2.33. The van der Waals surface area contributed by atoms with Crippen LogP contribution in [0.1, 0.15) is 12.0 Å². The fraction of sp³-hybridized carbons (Fsp3) is 0.300. The SMILES string of the molecule is CN(C)CCCc1c(-c2ccccc2)n(C)c2ccccc12. The van der Waals surface area contributed by atoms with Gasteiger partial charge in [-0.2, -0.15) is 0 Å². The van der Waals surface area contributed by atoms with Crippen molar-refractivity contribution in [3.05, 3.63) is 60.2 Å². The Morgan fingerprint density at radius 3 is 2.32 bits per heavy atom. The first-order valence-corrected chi connectivity index (χ1v) is 7.95. The summed E-state index contributed by atoms with van der Waals surface area (Å²) in [4.78, 5) is 2.26. The van der Waals surface area contributed by atoms with Gasteiger partial charge in [0, 0.05) is 18.0 Å². The molecule has 3 aromatic rings. The van der Waals surface area contributed by atoms with Crippen molar-refractivity contribution in [2.24, 2.45) is 7.05 Å². The Morgan fingerprint density at radius 1 is 0.909 bits per heavy atom. The zero-order valence-corrected chi connectivity index (χ0v) is 13.7. The maximum absolute atomic E-state index is 2.34. The topological polar surface area (TPSA) is 8.17 Å². The molecule has 0 atom stereocenters. The highest BCUT2D eigenvalue weighted by Gasteiger charge is 2.15. The van der Waals surface area contributed by atoms with Crippen LogP contribution < -0.4 is 0 Å². The normalized spacial score (nSPS) is 11.5. The molecular formula is C20H24N2. The van der Waals surface area contributed by atoms with Crippen LogP contribution in [-0.2, 0) is 13.5 Å². The minimum absolute atomic E-state index is 1.11. The molecule has 0 aliphatic carbocycles. The summed E-state index contributed by atoms with van der Waals surface area (Å²) in [5.41, 5.74) is 5.47. The van der Waals surface area contributed by atoms with E-state index in [0.29, 0.717) is 0 Å². The van der Waals surface area contributed by atoms with Gasteiger partial charge in [-0.1, -0.05) is 48.5 Å². The summed E-state index contributed by atoms with van der Waals surface area (Å²) in [7, 11) is 6.46. The molecule has 0 bridgehead atoms. The molecule has 0 amide bonds. The number of aromatic nitrogens is 1. The lowest BCUT2D eigenvalue weighted by atomic mass is 10.0. The lowest BCUT2D eigenvalue weighted by molar-refractivity contribution is 0.400. The van der Waals surface area contributed by atoms with Crippen molar-refractivity contribution in [2.45, 2.75) is 12.8 Å². The van der Waals surface area contributed by atoms with Gasteiger partial charge in [0.25, 0.3) is 0 Å². The molecule has 1 aromatic heterocycles. The molecule has 0 unspecified atom stereocenters. The summed E-state index contributed by atoms with van der Waals surface area (Å²) in [5.74, 6) is 0. The van der Waals surface area contributed by atoms with Gasteiger partial charge in [0.2, 0.25) is 0 Å². The minimum atomic E-state index is 1.11. The van der Waals surface area contributed by atoms with Crippen LogP contribution in [0.3, 0.4) is 0 Å². The number of rotatable bonds is 5. The maximum Gasteiger partial charge on any atom is 0.0521 e. The van der Waals surface area contributed by atoms with Gasteiger partial charge in [0.05, 0.1) is 5.69 Å². The lowest BCUT2D eigenvalue weighted by Crippen LogP contribution is -2.13. The van der Waals surface area contributed by atoms with Crippen molar-refractivity contribution in [2.75, 3.05) is 20.6 Å². The average Bonchev–Trinajstić information content (AvgIpc) is 2.81. The Bertz CT molecular complexity index is 754. The van der Waals surface area contributed by atoms with Gasteiger partial charge >= 0.3 is 0 Å². The van der Waals surface area contributed by atoms with E-state index in [0.717, 1.165) is 13.0 Å². The Hall–Kier alpha value is -2.06. The number of aryl methyl sites for hydroxylation is 2. The average molecular weight is 292 g/mol. The molecule has 22 heavy (non-hydrogen) atoms. The highest BCUT2D eigenvalue weighted by atomic mass is 15.0. The van der Waals surface area contributed by atoms with Gasteiger partial charge in [-0.05, 0) is 50.7 Å². The van der Waals surface area contributed by atoms with Crippen molar-refractivity contribution in [1.82, 2.24) is 9.47 Å². The number of hydrogen-bond acceptors (Lipinski definition) is 1. The zero-order chi connectivity index (χ0) is 15.5. The molecule has 0 aliphatic rings. The van der Waals surface area contributed by atoms with Crippen LogP contribution in [0.5, 0.6) is 0 Å². The van der Waals surface area contributed by atoms with Crippen LogP contribution in [0.2, 0.25) is 0 Å². The Labute approximate surface area is 133 Å². The van der Waals surface area contributed by atoms with Gasteiger partial charge in [0.15, 0.2) is 0 Å². The monoisotopic (exact) mass is 292 g/mol.